The molecule has 4 rings (SSSR count). The van der Waals surface area contributed by atoms with E-state index < -0.39 is 5.97 Å². The van der Waals surface area contributed by atoms with Crippen LogP contribution in [0, 0.1) is 0 Å². The van der Waals surface area contributed by atoms with Crippen LogP contribution in [0.1, 0.15) is 60.9 Å². The van der Waals surface area contributed by atoms with Crippen LogP contribution >= 0.6 is 34.3 Å². The molecule has 10 heteroatoms. The van der Waals surface area contributed by atoms with E-state index in [1.54, 1.807) is 28.1 Å². The number of rotatable bonds is 8. The van der Waals surface area contributed by atoms with Crippen molar-refractivity contribution in [2.75, 3.05) is 14.2 Å². The Morgan fingerprint density at radius 2 is 1.15 bits per heavy atom. The molecular weight excluding hydrogens is 560 g/mol. The predicted molar refractivity (Wildman–Crippen MR) is 159 cm³/mol. The van der Waals surface area contributed by atoms with Gasteiger partial charge in [-0.15, -0.1) is 22.7 Å². The molecule has 39 heavy (non-hydrogen) atoms. The zero-order valence-corrected chi connectivity index (χ0v) is 25.6. The standard InChI is InChI=1S/C16H20O4S.C13H13ClO3S/c1-9(2)19-13-11-7-6-8-12(18-5)14(11)21-15(13)16(17)20-10(3)4;1-7(2)17-13(15)12-10(14)8-5-4-6-9(16-3)11(8)18-12/h6-10H,1-5H3;4-7H,1-3H3. The zero-order chi connectivity index (χ0) is 28.9. The molecule has 2 heterocycles. The number of hydrogen-bond acceptors (Lipinski definition) is 9. The van der Waals surface area contributed by atoms with E-state index in [1.165, 1.54) is 22.7 Å². The Labute approximate surface area is 241 Å². The van der Waals surface area contributed by atoms with Crippen LogP contribution in [0.15, 0.2) is 36.4 Å². The van der Waals surface area contributed by atoms with E-state index in [4.69, 9.17) is 35.3 Å². The molecule has 0 spiro atoms. The van der Waals surface area contributed by atoms with Crippen LogP contribution in [-0.2, 0) is 9.47 Å². The molecular formula is C29H33ClO7S2. The number of hydrogen-bond donors (Lipinski definition) is 0. The van der Waals surface area contributed by atoms with Crippen LogP contribution in [0.25, 0.3) is 20.2 Å². The molecule has 0 unspecified atom stereocenters. The van der Waals surface area contributed by atoms with Gasteiger partial charge >= 0.3 is 11.9 Å². The fourth-order valence-electron chi connectivity index (χ4n) is 3.61. The zero-order valence-electron chi connectivity index (χ0n) is 23.2. The summed E-state index contributed by atoms with van der Waals surface area (Å²) in [5.74, 6) is 1.27. The maximum Gasteiger partial charge on any atom is 0.352 e. The van der Waals surface area contributed by atoms with Crippen molar-refractivity contribution in [3.8, 4) is 17.2 Å². The summed E-state index contributed by atoms with van der Waals surface area (Å²) < 4.78 is 28.7. The number of thiophene rings is 2. The molecule has 2 aromatic carbocycles. The first-order valence-corrected chi connectivity index (χ1v) is 14.4. The van der Waals surface area contributed by atoms with Gasteiger partial charge in [0.1, 0.15) is 16.4 Å². The number of carbonyl (C=O) groups is 2. The lowest BCUT2D eigenvalue weighted by atomic mass is 10.2. The van der Waals surface area contributed by atoms with Crippen molar-refractivity contribution in [1.82, 2.24) is 0 Å². The minimum absolute atomic E-state index is 0.0281. The van der Waals surface area contributed by atoms with E-state index in [9.17, 15) is 9.59 Å². The van der Waals surface area contributed by atoms with E-state index in [-0.39, 0.29) is 24.3 Å². The highest BCUT2D eigenvalue weighted by Crippen LogP contribution is 2.43. The Balaban J connectivity index is 0.000000218. The highest BCUT2D eigenvalue weighted by atomic mass is 35.5. The molecule has 0 bridgehead atoms. The molecule has 0 N–H and O–H groups in total. The molecule has 4 aromatic rings. The van der Waals surface area contributed by atoms with Crippen molar-refractivity contribution in [3.63, 3.8) is 0 Å². The lowest BCUT2D eigenvalue weighted by Gasteiger charge is -2.12. The molecule has 0 radical (unpaired) electrons. The first-order valence-electron chi connectivity index (χ1n) is 12.4. The largest absolute Gasteiger partial charge is 0.495 e. The summed E-state index contributed by atoms with van der Waals surface area (Å²) in [6.07, 6.45) is -0.364. The highest BCUT2D eigenvalue weighted by molar-refractivity contribution is 7.22. The molecule has 0 fully saturated rings. The first-order chi connectivity index (χ1) is 18.5. The number of esters is 2. The summed E-state index contributed by atoms with van der Waals surface area (Å²) in [5.41, 5.74) is 0. The van der Waals surface area contributed by atoms with E-state index >= 15 is 0 Å². The van der Waals surface area contributed by atoms with Crippen molar-refractivity contribution in [3.05, 3.63) is 51.2 Å². The molecule has 0 aliphatic carbocycles. The summed E-state index contributed by atoms with van der Waals surface area (Å²) >= 11 is 8.85. The first kappa shape index (κ1) is 30.5. The Kier molecular flexibility index (Phi) is 10.5. The molecule has 210 valence electrons. The fraction of sp³-hybridized carbons (Fsp3) is 0.379. The smallest absolute Gasteiger partial charge is 0.352 e. The van der Waals surface area contributed by atoms with Gasteiger partial charge in [0.05, 0.1) is 47.0 Å². The molecule has 0 aliphatic rings. The van der Waals surface area contributed by atoms with Crippen LogP contribution < -0.4 is 14.2 Å². The normalized spacial score (nSPS) is 11.1. The second kappa shape index (κ2) is 13.4. The summed E-state index contributed by atoms with van der Waals surface area (Å²) in [5, 5.41) is 2.13. The highest BCUT2D eigenvalue weighted by Gasteiger charge is 2.24. The van der Waals surface area contributed by atoms with E-state index in [2.05, 4.69) is 0 Å². The van der Waals surface area contributed by atoms with Crippen LogP contribution in [0.4, 0.5) is 0 Å². The number of benzene rings is 2. The number of carbonyl (C=O) groups excluding carboxylic acids is 2. The monoisotopic (exact) mass is 592 g/mol. The van der Waals surface area contributed by atoms with Gasteiger partial charge in [0.15, 0.2) is 10.6 Å². The second-order valence-electron chi connectivity index (χ2n) is 9.25. The Bertz CT molecular complexity index is 1450. The van der Waals surface area contributed by atoms with Crippen molar-refractivity contribution in [1.29, 1.82) is 0 Å². The summed E-state index contributed by atoms with van der Waals surface area (Å²) in [4.78, 5) is 25.1. The van der Waals surface area contributed by atoms with Gasteiger partial charge in [-0.1, -0.05) is 29.8 Å². The third-order valence-electron chi connectivity index (χ3n) is 5.10. The summed E-state index contributed by atoms with van der Waals surface area (Å²) in [7, 11) is 3.21. The van der Waals surface area contributed by atoms with Crippen molar-refractivity contribution < 1.29 is 33.3 Å². The Morgan fingerprint density at radius 1 is 0.692 bits per heavy atom. The third-order valence-corrected chi connectivity index (χ3v) is 7.99. The van der Waals surface area contributed by atoms with E-state index in [0.717, 1.165) is 25.9 Å². The SMILES string of the molecule is COc1cccc2c(Cl)c(C(=O)OC(C)C)sc12.COc1cccc2c(OC(C)C)c(C(=O)OC(C)C)sc12. The molecule has 0 amide bonds. The molecule has 2 aromatic heterocycles. The van der Waals surface area contributed by atoms with E-state index in [0.29, 0.717) is 26.3 Å². The maximum absolute atomic E-state index is 12.3. The molecule has 0 atom stereocenters. The maximum atomic E-state index is 12.3. The van der Waals surface area contributed by atoms with Gasteiger partial charge in [0, 0.05) is 10.8 Å². The van der Waals surface area contributed by atoms with Gasteiger partial charge in [-0.25, -0.2) is 9.59 Å². The van der Waals surface area contributed by atoms with Gasteiger partial charge in [-0.2, -0.15) is 0 Å². The van der Waals surface area contributed by atoms with Crippen molar-refractivity contribution in [2.45, 2.75) is 59.9 Å². The fourth-order valence-corrected chi connectivity index (χ4v) is 6.19. The van der Waals surface area contributed by atoms with Gasteiger partial charge in [-0.05, 0) is 59.7 Å². The number of halogens is 1. The average molecular weight is 593 g/mol. The van der Waals surface area contributed by atoms with Gasteiger partial charge in [0.25, 0.3) is 0 Å². The third kappa shape index (κ3) is 7.15. The molecule has 0 saturated heterocycles. The molecule has 0 saturated carbocycles. The lowest BCUT2D eigenvalue weighted by Crippen LogP contribution is -2.13. The summed E-state index contributed by atoms with van der Waals surface area (Å²) in [6, 6.07) is 11.2. The summed E-state index contributed by atoms with van der Waals surface area (Å²) in [6.45, 7) is 11.1. The quantitative estimate of drug-likeness (QED) is 0.190. The lowest BCUT2D eigenvalue weighted by molar-refractivity contribution is 0.0370. The topological polar surface area (TPSA) is 80.3 Å². The van der Waals surface area contributed by atoms with E-state index in [1.807, 2.05) is 64.1 Å². The van der Waals surface area contributed by atoms with Gasteiger partial charge < -0.3 is 23.7 Å². The number of fused-ring (bicyclic) bond motifs is 2. The van der Waals surface area contributed by atoms with Crippen LogP contribution in [0.3, 0.4) is 0 Å². The predicted octanol–water partition coefficient (Wildman–Crippen LogP) is 8.39. The second-order valence-corrected chi connectivity index (χ2v) is 11.7. The van der Waals surface area contributed by atoms with Crippen LogP contribution in [0.2, 0.25) is 5.02 Å². The Morgan fingerprint density at radius 3 is 1.64 bits per heavy atom. The molecule has 0 aliphatic heterocycles. The average Bonchev–Trinajstić information content (AvgIpc) is 3.41. The van der Waals surface area contributed by atoms with Gasteiger partial charge in [0.2, 0.25) is 0 Å². The van der Waals surface area contributed by atoms with Gasteiger partial charge in [-0.3, -0.25) is 0 Å². The minimum atomic E-state index is -0.391. The number of ether oxygens (including phenoxy) is 5. The minimum Gasteiger partial charge on any atom is -0.495 e. The van der Waals surface area contributed by atoms with Crippen LogP contribution in [0.5, 0.6) is 17.2 Å². The van der Waals surface area contributed by atoms with Crippen molar-refractivity contribution in [2.24, 2.45) is 0 Å². The van der Waals surface area contributed by atoms with Crippen molar-refractivity contribution >= 4 is 66.4 Å². The molecule has 7 nitrogen and oxygen atoms in total. The number of methoxy groups -OCH3 is 2. The van der Waals surface area contributed by atoms with Crippen LogP contribution in [-0.4, -0.2) is 44.5 Å². The Hall–Kier alpha value is -3.01.